The summed E-state index contributed by atoms with van der Waals surface area (Å²) in [6, 6.07) is 19.4. The van der Waals surface area contributed by atoms with E-state index in [1.54, 1.807) is 9.58 Å². The number of hydrogen-bond donors (Lipinski definition) is 0. The third-order valence-corrected chi connectivity index (χ3v) is 7.91. The van der Waals surface area contributed by atoms with Gasteiger partial charge < -0.3 is 4.90 Å². The molecular formula is C23H25N5O3S. The van der Waals surface area contributed by atoms with E-state index in [4.69, 9.17) is 0 Å². The van der Waals surface area contributed by atoms with Crippen molar-refractivity contribution in [2.24, 2.45) is 0 Å². The SMILES string of the molecule is O=C(c1nc(-c2ccccc2)n(-c2ccccc2)n1)N1CCN([C@H]2CCS(=O)(=O)C2)CC1. The predicted octanol–water partition coefficient (Wildman–Crippen LogP) is 1.88. The summed E-state index contributed by atoms with van der Waals surface area (Å²) in [5, 5.41) is 4.57. The molecule has 2 aliphatic heterocycles. The molecule has 0 radical (unpaired) electrons. The van der Waals surface area contributed by atoms with Crippen molar-refractivity contribution < 1.29 is 13.2 Å². The van der Waals surface area contributed by atoms with Gasteiger partial charge in [0.1, 0.15) is 0 Å². The van der Waals surface area contributed by atoms with Crippen molar-refractivity contribution in [1.82, 2.24) is 24.6 Å². The summed E-state index contributed by atoms with van der Waals surface area (Å²) in [6.07, 6.45) is 0.680. The van der Waals surface area contributed by atoms with E-state index in [1.165, 1.54) is 0 Å². The Kier molecular flexibility index (Phi) is 5.52. The number of sulfone groups is 1. The largest absolute Gasteiger partial charge is 0.333 e. The van der Waals surface area contributed by atoms with E-state index in [0.29, 0.717) is 38.4 Å². The maximum Gasteiger partial charge on any atom is 0.293 e. The molecule has 1 amide bonds. The number of piperazine rings is 1. The van der Waals surface area contributed by atoms with Gasteiger partial charge in [-0.3, -0.25) is 9.69 Å². The number of carbonyl (C=O) groups is 1. The average molecular weight is 452 g/mol. The molecule has 5 rings (SSSR count). The highest BCUT2D eigenvalue weighted by molar-refractivity contribution is 7.91. The summed E-state index contributed by atoms with van der Waals surface area (Å²) in [5.41, 5.74) is 1.72. The molecule has 8 nitrogen and oxygen atoms in total. The molecule has 1 aromatic heterocycles. The molecule has 2 fully saturated rings. The van der Waals surface area contributed by atoms with Crippen molar-refractivity contribution in [3.8, 4) is 17.1 Å². The van der Waals surface area contributed by atoms with Crippen LogP contribution in [-0.2, 0) is 9.84 Å². The molecule has 0 aliphatic carbocycles. The highest BCUT2D eigenvalue weighted by Crippen LogP contribution is 2.23. The van der Waals surface area contributed by atoms with E-state index >= 15 is 0 Å². The lowest BCUT2D eigenvalue weighted by atomic mass is 10.2. The van der Waals surface area contributed by atoms with Gasteiger partial charge in [0.25, 0.3) is 5.91 Å². The average Bonchev–Trinajstić information content (AvgIpc) is 3.43. The summed E-state index contributed by atoms with van der Waals surface area (Å²) in [7, 11) is -2.92. The molecule has 3 aromatic rings. The van der Waals surface area contributed by atoms with Gasteiger partial charge in [-0.05, 0) is 18.6 Å². The molecule has 2 aromatic carbocycles. The fraction of sp³-hybridized carbons (Fsp3) is 0.348. The molecule has 9 heteroatoms. The lowest BCUT2D eigenvalue weighted by Crippen LogP contribution is -2.52. The van der Waals surface area contributed by atoms with E-state index in [-0.39, 0.29) is 29.3 Å². The Labute approximate surface area is 187 Å². The second-order valence-electron chi connectivity index (χ2n) is 8.26. The van der Waals surface area contributed by atoms with Crippen LogP contribution in [0.5, 0.6) is 0 Å². The summed E-state index contributed by atoms with van der Waals surface area (Å²) in [6.45, 7) is 2.40. The molecular weight excluding hydrogens is 426 g/mol. The van der Waals surface area contributed by atoms with Gasteiger partial charge in [-0.25, -0.2) is 18.1 Å². The number of nitrogens with zero attached hydrogens (tertiary/aromatic N) is 5. The molecule has 0 unspecified atom stereocenters. The van der Waals surface area contributed by atoms with Crippen LogP contribution in [0.2, 0.25) is 0 Å². The molecule has 0 spiro atoms. The molecule has 166 valence electrons. The van der Waals surface area contributed by atoms with Crippen LogP contribution in [0.15, 0.2) is 60.7 Å². The standard InChI is InChI=1S/C23H25N5O3S/c29-23(27-14-12-26(13-15-27)20-11-16-32(30,31)17-20)21-24-22(18-7-3-1-4-8-18)28(25-21)19-9-5-2-6-10-19/h1-10,20H,11-17H2/t20-/m0/s1. The quantitative estimate of drug-likeness (QED) is 0.602. The number of hydrogen-bond acceptors (Lipinski definition) is 6. The van der Waals surface area contributed by atoms with Gasteiger partial charge in [-0.15, -0.1) is 5.10 Å². The van der Waals surface area contributed by atoms with Crippen molar-refractivity contribution in [2.75, 3.05) is 37.7 Å². The van der Waals surface area contributed by atoms with Crippen molar-refractivity contribution in [1.29, 1.82) is 0 Å². The minimum absolute atomic E-state index is 0.0670. The normalized spacial score (nSPS) is 21.0. The molecule has 2 saturated heterocycles. The summed E-state index contributed by atoms with van der Waals surface area (Å²) in [5.74, 6) is 1.08. The second kappa shape index (κ2) is 8.48. The highest BCUT2D eigenvalue weighted by Gasteiger charge is 2.35. The fourth-order valence-corrected chi connectivity index (χ4v) is 6.18. The first-order chi connectivity index (χ1) is 15.5. The molecule has 0 N–H and O–H groups in total. The zero-order valence-corrected chi connectivity index (χ0v) is 18.5. The molecule has 32 heavy (non-hydrogen) atoms. The number of carbonyl (C=O) groups excluding carboxylic acids is 1. The third kappa shape index (κ3) is 4.18. The molecule has 0 saturated carbocycles. The first-order valence-electron chi connectivity index (χ1n) is 10.8. The molecule has 2 aliphatic rings. The molecule has 3 heterocycles. The number of para-hydroxylation sites is 1. The van der Waals surface area contributed by atoms with Crippen molar-refractivity contribution >= 4 is 15.7 Å². The van der Waals surface area contributed by atoms with Crippen molar-refractivity contribution in [3.05, 3.63) is 66.5 Å². The minimum Gasteiger partial charge on any atom is -0.333 e. The van der Waals surface area contributed by atoms with Crippen LogP contribution in [0, 0.1) is 0 Å². The van der Waals surface area contributed by atoms with E-state index in [9.17, 15) is 13.2 Å². The fourth-order valence-electron chi connectivity index (χ4n) is 4.42. The van der Waals surface area contributed by atoms with Crippen LogP contribution < -0.4 is 0 Å². The van der Waals surface area contributed by atoms with Crippen LogP contribution >= 0.6 is 0 Å². The van der Waals surface area contributed by atoms with Crippen LogP contribution in [0.25, 0.3) is 17.1 Å². The highest BCUT2D eigenvalue weighted by atomic mass is 32.2. The summed E-state index contributed by atoms with van der Waals surface area (Å²) >= 11 is 0. The Morgan fingerprint density at radius 1 is 0.906 bits per heavy atom. The maximum atomic E-state index is 13.2. The summed E-state index contributed by atoms with van der Waals surface area (Å²) < 4.78 is 25.3. The van der Waals surface area contributed by atoms with Gasteiger partial charge >= 0.3 is 0 Å². The second-order valence-corrected chi connectivity index (χ2v) is 10.5. The predicted molar refractivity (Wildman–Crippen MR) is 121 cm³/mol. The van der Waals surface area contributed by atoms with Crippen molar-refractivity contribution in [3.63, 3.8) is 0 Å². The summed E-state index contributed by atoms with van der Waals surface area (Å²) in [4.78, 5) is 21.8. The Bertz CT molecular complexity index is 1150. The Morgan fingerprint density at radius 3 is 2.19 bits per heavy atom. The lowest BCUT2D eigenvalue weighted by Gasteiger charge is -2.37. The third-order valence-electron chi connectivity index (χ3n) is 6.16. The topological polar surface area (TPSA) is 88.4 Å². The molecule has 0 bridgehead atoms. The van der Waals surface area contributed by atoms with Gasteiger partial charge in [0.05, 0.1) is 17.2 Å². The Balaban J connectivity index is 1.36. The number of benzene rings is 2. The van der Waals surface area contributed by atoms with Crippen LogP contribution in [-0.4, -0.2) is 82.6 Å². The van der Waals surface area contributed by atoms with Crippen molar-refractivity contribution in [2.45, 2.75) is 12.5 Å². The lowest BCUT2D eigenvalue weighted by molar-refractivity contribution is 0.0576. The van der Waals surface area contributed by atoms with E-state index < -0.39 is 9.84 Å². The van der Waals surface area contributed by atoms with Gasteiger partial charge in [0.15, 0.2) is 15.7 Å². The van der Waals surface area contributed by atoms with Gasteiger partial charge in [0.2, 0.25) is 5.82 Å². The first kappa shape index (κ1) is 20.8. The van der Waals surface area contributed by atoms with Crippen LogP contribution in [0.4, 0.5) is 0 Å². The van der Waals surface area contributed by atoms with Crippen LogP contribution in [0.3, 0.4) is 0 Å². The van der Waals surface area contributed by atoms with Crippen LogP contribution in [0.1, 0.15) is 17.0 Å². The number of aromatic nitrogens is 3. The zero-order chi connectivity index (χ0) is 22.1. The number of rotatable bonds is 4. The smallest absolute Gasteiger partial charge is 0.293 e. The van der Waals surface area contributed by atoms with Gasteiger partial charge in [-0.1, -0.05) is 48.5 Å². The number of amides is 1. The van der Waals surface area contributed by atoms with E-state index in [0.717, 1.165) is 11.3 Å². The molecule has 1 atom stereocenters. The monoisotopic (exact) mass is 451 g/mol. The first-order valence-corrected chi connectivity index (χ1v) is 12.6. The van der Waals surface area contributed by atoms with Gasteiger partial charge in [0, 0.05) is 37.8 Å². The maximum absolute atomic E-state index is 13.2. The zero-order valence-electron chi connectivity index (χ0n) is 17.7. The Morgan fingerprint density at radius 2 is 1.56 bits per heavy atom. The van der Waals surface area contributed by atoms with E-state index in [2.05, 4.69) is 15.0 Å². The Hall–Kier alpha value is -3.04. The minimum atomic E-state index is -2.92. The van der Waals surface area contributed by atoms with E-state index in [1.807, 2.05) is 60.7 Å². The van der Waals surface area contributed by atoms with Gasteiger partial charge in [-0.2, -0.15) is 0 Å².